The van der Waals surface area contributed by atoms with Gasteiger partial charge in [-0.05, 0) is 31.0 Å². The van der Waals surface area contributed by atoms with E-state index in [2.05, 4.69) is 10.5 Å². The van der Waals surface area contributed by atoms with Crippen molar-refractivity contribution in [2.24, 2.45) is 5.10 Å². The first-order chi connectivity index (χ1) is 10.5. The zero-order valence-corrected chi connectivity index (χ0v) is 12.0. The van der Waals surface area contributed by atoms with E-state index in [0.29, 0.717) is 19.3 Å². The molecule has 0 saturated heterocycles. The van der Waals surface area contributed by atoms with Crippen LogP contribution >= 0.6 is 0 Å². The number of rotatable bonds is 8. The van der Waals surface area contributed by atoms with E-state index in [1.54, 1.807) is 5.48 Å². The monoisotopic (exact) mass is 309 g/mol. The lowest BCUT2D eigenvalue weighted by atomic mass is 10.1. The molecule has 0 atom stereocenters. The maximum atomic E-state index is 11.5. The summed E-state index contributed by atoms with van der Waals surface area (Å²) in [6.45, 7) is 0. The smallest absolute Gasteiger partial charge is 0.243 e. The van der Waals surface area contributed by atoms with Gasteiger partial charge in [-0.1, -0.05) is 6.42 Å². The van der Waals surface area contributed by atoms with Crippen molar-refractivity contribution in [3.05, 3.63) is 23.8 Å². The summed E-state index contributed by atoms with van der Waals surface area (Å²) in [4.78, 5) is 22.2. The SMILES string of the molecule is O=C(CCCCCC(=O)N/N=C/c1cc(O)ccc1O)NO. The molecule has 0 unspecified atom stereocenters. The van der Waals surface area contributed by atoms with Crippen LogP contribution in [-0.2, 0) is 9.59 Å². The number of hydrogen-bond donors (Lipinski definition) is 5. The minimum atomic E-state index is -0.444. The Morgan fingerprint density at radius 3 is 2.45 bits per heavy atom. The third-order valence-corrected chi connectivity index (χ3v) is 2.84. The van der Waals surface area contributed by atoms with Crippen molar-refractivity contribution in [3.8, 4) is 11.5 Å². The number of hydroxylamine groups is 1. The highest BCUT2D eigenvalue weighted by atomic mass is 16.5. The van der Waals surface area contributed by atoms with E-state index in [0.717, 1.165) is 0 Å². The molecule has 1 aromatic carbocycles. The quantitative estimate of drug-likeness (QED) is 0.161. The molecule has 8 nitrogen and oxygen atoms in total. The molecular formula is C14H19N3O5. The number of carbonyl (C=O) groups is 2. The van der Waals surface area contributed by atoms with Gasteiger partial charge in [0.15, 0.2) is 0 Å². The number of benzene rings is 1. The average Bonchev–Trinajstić information content (AvgIpc) is 2.50. The highest BCUT2D eigenvalue weighted by Gasteiger charge is 2.03. The Bertz CT molecular complexity index is 545. The lowest BCUT2D eigenvalue weighted by Gasteiger charge is -2.01. The zero-order valence-electron chi connectivity index (χ0n) is 12.0. The Morgan fingerprint density at radius 1 is 1.09 bits per heavy atom. The summed E-state index contributed by atoms with van der Waals surface area (Å²) < 4.78 is 0. The number of carbonyl (C=O) groups excluding carboxylic acids is 2. The lowest BCUT2D eigenvalue weighted by Crippen LogP contribution is -2.18. The fourth-order valence-electron chi connectivity index (χ4n) is 1.68. The molecule has 0 radical (unpaired) electrons. The predicted octanol–water partition coefficient (Wildman–Crippen LogP) is 1.00. The number of nitrogens with zero attached hydrogens (tertiary/aromatic N) is 1. The van der Waals surface area contributed by atoms with Gasteiger partial charge in [-0.15, -0.1) is 0 Å². The molecule has 1 aromatic rings. The molecule has 0 aliphatic heterocycles. The van der Waals surface area contributed by atoms with Crippen LogP contribution in [0.25, 0.3) is 0 Å². The molecule has 1 rings (SSSR count). The van der Waals surface area contributed by atoms with Crippen molar-refractivity contribution >= 4 is 18.0 Å². The summed E-state index contributed by atoms with van der Waals surface area (Å²) in [5.41, 5.74) is 4.14. The van der Waals surface area contributed by atoms with E-state index in [-0.39, 0.29) is 35.8 Å². The molecule has 0 saturated carbocycles. The fourth-order valence-corrected chi connectivity index (χ4v) is 1.68. The van der Waals surface area contributed by atoms with E-state index in [9.17, 15) is 19.8 Å². The predicted molar refractivity (Wildman–Crippen MR) is 78.5 cm³/mol. The average molecular weight is 309 g/mol. The van der Waals surface area contributed by atoms with Crippen molar-refractivity contribution in [1.82, 2.24) is 10.9 Å². The molecule has 0 bridgehead atoms. The van der Waals surface area contributed by atoms with Crippen molar-refractivity contribution in [1.29, 1.82) is 0 Å². The summed E-state index contributed by atoms with van der Waals surface area (Å²) in [6, 6.07) is 3.97. The molecule has 120 valence electrons. The largest absolute Gasteiger partial charge is 0.508 e. The Balaban J connectivity index is 2.24. The second-order valence-electron chi connectivity index (χ2n) is 4.63. The van der Waals surface area contributed by atoms with Crippen LogP contribution in [0.4, 0.5) is 0 Å². The van der Waals surface area contributed by atoms with Gasteiger partial charge in [-0.3, -0.25) is 14.8 Å². The van der Waals surface area contributed by atoms with Gasteiger partial charge in [0, 0.05) is 18.4 Å². The molecular weight excluding hydrogens is 290 g/mol. The van der Waals surface area contributed by atoms with E-state index < -0.39 is 5.91 Å². The molecule has 22 heavy (non-hydrogen) atoms. The molecule has 0 aliphatic rings. The number of phenolic OH excluding ortho intramolecular Hbond substituents is 2. The molecule has 5 N–H and O–H groups in total. The van der Waals surface area contributed by atoms with Gasteiger partial charge in [-0.2, -0.15) is 5.10 Å². The Morgan fingerprint density at radius 2 is 1.77 bits per heavy atom. The highest BCUT2D eigenvalue weighted by molar-refractivity contribution is 5.85. The van der Waals surface area contributed by atoms with Crippen LogP contribution in [0, 0.1) is 0 Å². The van der Waals surface area contributed by atoms with E-state index in [4.69, 9.17) is 5.21 Å². The maximum absolute atomic E-state index is 11.5. The Kier molecular flexibility index (Phi) is 7.41. The van der Waals surface area contributed by atoms with E-state index >= 15 is 0 Å². The number of nitrogens with one attached hydrogen (secondary N) is 2. The third-order valence-electron chi connectivity index (χ3n) is 2.84. The number of phenols is 2. The molecule has 0 aromatic heterocycles. The third kappa shape index (κ3) is 6.71. The Hall–Kier alpha value is -2.61. The van der Waals surface area contributed by atoms with Crippen LogP contribution in [0.5, 0.6) is 11.5 Å². The molecule has 0 aliphatic carbocycles. The van der Waals surface area contributed by atoms with Gasteiger partial charge in [-0.25, -0.2) is 10.9 Å². The normalized spacial score (nSPS) is 10.6. The first-order valence-corrected chi connectivity index (χ1v) is 6.79. The van der Waals surface area contributed by atoms with E-state index in [1.165, 1.54) is 24.4 Å². The summed E-state index contributed by atoms with van der Waals surface area (Å²) in [7, 11) is 0. The lowest BCUT2D eigenvalue weighted by molar-refractivity contribution is -0.129. The van der Waals surface area contributed by atoms with Crippen molar-refractivity contribution in [3.63, 3.8) is 0 Å². The number of amides is 2. The first kappa shape index (κ1) is 17.4. The number of hydrogen-bond acceptors (Lipinski definition) is 6. The zero-order chi connectivity index (χ0) is 16.4. The second-order valence-corrected chi connectivity index (χ2v) is 4.63. The van der Waals surface area contributed by atoms with Gasteiger partial charge in [0.05, 0.1) is 6.21 Å². The van der Waals surface area contributed by atoms with E-state index in [1.807, 2.05) is 0 Å². The van der Waals surface area contributed by atoms with Crippen molar-refractivity contribution in [2.75, 3.05) is 0 Å². The molecule has 0 spiro atoms. The van der Waals surface area contributed by atoms with Gasteiger partial charge in [0.2, 0.25) is 11.8 Å². The van der Waals surface area contributed by atoms with Crippen molar-refractivity contribution < 1.29 is 25.0 Å². The van der Waals surface area contributed by atoms with Gasteiger partial charge >= 0.3 is 0 Å². The van der Waals surface area contributed by atoms with Crippen LogP contribution in [0.1, 0.15) is 37.7 Å². The van der Waals surface area contributed by atoms with Crippen LogP contribution in [0.15, 0.2) is 23.3 Å². The van der Waals surface area contributed by atoms with Gasteiger partial charge in [0.1, 0.15) is 11.5 Å². The molecule has 0 heterocycles. The fraction of sp³-hybridized carbons (Fsp3) is 0.357. The number of hydrazone groups is 1. The minimum Gasteiger partial charge on any atom is -0.508 e. The summed E-state index contributed by atoms with van der Waals surface area (Å²) in [5.74, 6) is -0.807. The molecule has 2 amide bonds. The van der Waals surface area contributed by atoms with Crippen molar-refractivity contribution in [2.45, 2.75) is 32.1 Å². The maximum Gasteiger partial charge on any atom is 0.243 e. The Labute approximate surface area is 127 Å². The number of unbranched alkanes of at least 4 members (excludes halogenated alkanes) is 2. The van der Waals surface area contributed by atoms with Gasteiger partial charge in [0.25, 0.3) is 0 Å². The topological polar surface area (TPSA) is 131 Å². The summed E-state index contributed by atoms with van der Waals surface area (Å²) in [5, 5.41) is 30.8. The number of aromatic hydroxyl groups is 2. The van der Waals surface area contributed by atoms with Crippen LogP contribution < -0.4 is 10.9 Å². The molecule has 0 fully saturated rings. The van der Waals surface area contributed by atoms with Crippen LogP contribution in [-0.4, -0.2) is 33.4 Å². The summed E-state index contributed by atoms with van der Waals surface area (Å²) in [6.07, 6.45) is 3.56. The van der Waals surface area contributed by atoms with Gasteiger partial charge < -0.3 is 10.2 Å². The highest BCUT2D eigenvalue weighted by Crippen LogP contribution is 2.19. The standard InChI is InChI=1S/C14H19N3O5/c18-11-6-7-12(19)10(8-11)9-15-16-13(20)4-2-1-3-5-14(21)17-22/h6-9,18-19,22H,1-5H2,(H,16,20)(H,17,21)/b15-9+. The molecule has 8 heteroatoms. The minimum absolute atomic E-state index is 0.0162. The second kappa shape index (κ2) is 9.35. The van der Waals surface area contributed by atoms with Crippen LogP contribution in [0.2, 0.25) is 0 Å². The summed E-state index contributed by atoms with van der Waals surface area (Å²) >= 11 is 0. The first-order valence-electron chi connectivity index (χ1n) is 6.79. The van der Waals surface area contributed by atoms with Crippen LogP contribution in [0.3, 0.4) is 0 Å².